The molecule has 0 amide bonds. The van der Waals surface area contributed by atoms with Crippen molar-refractivity contribution in [2.45, 2.75) is 31.7 Å². The number of aromatic hydroxyl groups is 1. The highest BCUT2D eigenvalue weighted by molar-refractivity contribution is 6.03. The van der Waals surface area contributed by atoms with Crippen molar-refractivity contribution in [2.24, 2.45) is 0 Å². The van der Waals surface area contributed by atoms with Gasteiger partial charge in [0.25, 0.3) is 0 Å². The maximum absolute atomic E-state index is 10.0. The molecule has 1 aliphatic carbocycles. The molecule has 0 unspecified atom stereocenters. The molecule has 16 heavy (non-hydrogen) atoms. The van der Waals surface area contributed by atoms with Crippen molar-refractivity contribution >= 4 is 5.84 Å². The summed E-state index contributed by atoms with van der Waals surface area (Å²) in [6.45, 7) is 1.91. The third-order valence-corrected chi connectivity index (χ3v) is 3.80. The summed E-state index contributed by atoms with van der Waals surface area (Å²) in [7, 11) is 0. The molecule has 1 aromatic rings. The molecule has 2 aliphatic rings. The summed E-state index contributed by atoms with van der Waals surface area (Å²) >= 11 is 0. The zero-order valence-electron chi connectivity index (χ0n) is 9.12. The van der Waals surface area contributed by atoms with Crippen molar-refractivity contribution < 1.29 is 10.3 Å². The molecule has 0 saturated heterocycles. The van der Waals surface area contributed by atoms with E-state index in [9.17, 15) is 10.3 Å². The van der Waals surface area contributed by atoms with E-state index in [1.807, 2.05) is 13.0 Å². The molecular weight excluding hydrogens is 204 g/mol. The van der Waals surface area contributed by atoms with E-state index >= 15 is 0 Å². The van der Waals surface area contributed by atoms with Crippen LogP contribution in [-0.2, 0) is 5.54 Å². The fourth-order valence-corrected chi connectivity index (χ4v) is 2.81. The molecule has 0 radical (unpaired) electrons. The first kappa shape index (κ1) is 9.66. The monoisotopic (exact) mass is 218 g/mol. The van der Waals surface area contributed by atoms with Gasteiger partial charge in [0.1, 0.15) is 5.75 Å². The van der Waals surface area contributed by atoms with Crippen LogP contribution < -0.4 is 0 Å². The molecule has 1 aromatic carbocycles. The number of benzene rings is 1. The minimum atomic E-state index is -0.435. The van der Waals surface area contributed by atoms with Gasteiger partial charge in [0.05, 0.1) is 11.1 Å². The van der Waals surface area contributed by atoms with Crippen LogP contribution in [0, 0.1) is 12.3 Å². The van der Waals surface area contributed by atoms with Gasteiger partial charge in [-0.3, -0.25) is 10.6 Å². The van der Waals surface area contributed by atoms with Gasteiger partial charge in [-0.25, -0.2) is 5.06 Å². The summed E-state index contributed by atoms with van der Waals surface area (Å²) in [5.74, 6) is 0.120. The first-order chi connectivity index (χ1) is 7.56. The van der Waals surface area contributed by atoms with Gasteiger partial charge in [-0.15, -0.1) is 0 Å². The largest absolute Gasteiger partial charge is 0.507 e. The zero-order valence-corrected chi connectivity index (χ0v) is 9.12. The lowest BCUT2D eigenvalue weighted by Crippen LogP contribution is -2.46. The molecule has 3 rings (SSSR count). The SMILES string of the molecule is Cc1cc(O)c2c(c1)C1(CCC1)N(O)C2=N. The van der Waals surface area contributed by atoms with Gasteiger partial charge in [-0.2, -0.15) is 0 Å². The minimum Gasteiger partial charge on any atom is -0.507 e. The van der Waals surface area contributed by atoms with E-state index in [2.05, 4.69) is 0 Å². The molecule has 1 fully saturated rings. The molecule has 4 nitrogen and oxygen atoms in total. The van der Waals surface area contributed by atoms with Crippen LogP contribution >= 0.6 is 0 Å². The highest BCUT2D eigenvalue weighted by Gasteiger charge is 2.52. The molecule has 1 heterocycles. The van der Waals surface area contributed by atoms with E-state index in [4.69, 9.17) is 5.41 Å². The van der Waals surface area contributed by atoms with Crippen molar-refractivity contribution in [3.05, 3.63) is 28.8 Å². The topological polar surface area (TPSA) is 67.6 Å². The van der Waals surface area contributed by atoms with E-state index in [1.165, 1.54) is 0 Å². The Morgan fingerprint density at radius 1 is 1.38 bits per heavy atom. The van der Waals surface area contributed by atoms with E-state index in [1.54, 1.807) is 6.07 Å². The van der Waals surface area contributed by atoms with E-state index in [0.29, 0.717) is 5.56 Å². The van der Waals surface area contributed by atoms with Crippen LogP contribution in [0.3, 0.4) is 0 Å². The third kappa shape index (κ3) is 0.906. The van der Waals surface area contributed by atoms with Crippen molar-refractivity contribution in [1.82, 2.24) is 5.06 Å². The van der Waals surface area contributed by atoms with E-state index in [-0.39, 0.29) is 11.6 Å². The zero-order chi connectivity index (χ0) is 11.5. The molecule has 0 bridgehead atoms. The first-order valence-electron chi connectivity index (χ1n) is 5.48. The molecule has 1 saturated carbocycles. The number of hydrogen-bond acceptors (Lipinski definition) is 3. The van der Waals surface area contributed by atoms with Crippen LogP contribution in [0.5, 0.6) is 5.75 Å². The number of fused-ring (bicyclic) bond motifs is 2. The number of nitrogens with zero attached hydrogens (tertiary/aromatic N) is 1. The number of phenolic OH excluding ortho intramolecular Hbond substituents is 1. The molecule has 0 aromatic heterocycles. The van der Waals surface area contributed by atoms with Crippen molar-refractivity contribution in [3.8, 4) is 5.75 Å². The Morgan fingerprint density at radius 2 is 2.06 bits per heavy atom. The number of rotatable bonds is 0. The summed E-state index contributed by atoms with van der Waals surface area (Å²) in [5.41, 5.74) is 1.93. The smallest absolute Gasteiger partial charge is 0.157 e. The quantitative estimate of drug-likeness (QED) is 0.624. The van der Waals surface area contributed by atoms with E-state index in [0.717, 1.165) is 35.5 Å². The Hall–Kier alpha value is -1.55. The standard InChI is InChI=1S/C12H14N2O2/c1-7-5-8-10(9(15)6-7)11(13)14(16)12(8)3-2-4-12/h5-6,13,15-16H,2-4H2,1H3. The van der Waals surface area contributed by atoms with Crippen molar-refractivity contribution in [3.63, 3.8) is 0 Å². The summed E-state index contributed by atoms with van der Waals surface area (Å²) in [5, 5.41) is 28.8. The minimum absolute atomic E-state index is 0.0206. The highest BCUT2D eigenvalue weighted by atomic mass is 16.5. The van der Waals surface area contributed by atoms with Gasteiger partial charge in [-0.05, 0) is 43.4 Å². The lowest BCUT2D eigenvalue weighted by atomic mass is 9.72. The van der Waals surface area contributed by atoms with Crippen LogP contribution in [0.1, 0.15) is 36.0 Å². The maximum Gasteiger partial charge on any atom is 0.157 e. The second kappa shape index (κ2) is 2.77. The van der Waals surface area contributed by atoms with Crippen LogP contribution in [-0.4, -0.2) is 21.2 Å². The third-order valence-electron chi connectivity index (χ3n) is 3.80. The lowest BCUT2D eigenvalue weighted by Gasteiger charge is -2.43. The summed E-state index contributed by atoms with van der Waals surface area (Å²) in [6, 6.07) is 3.61. The predicted molar refractivity (Wildman–Crippen MR) is 58.8 cm³/mol. The number of nitrogens with one attached hydrogen (secondary N) is 1. The average molecular weight is 218 g/mol. The van der Waals surface area contributed by atoms with Crippen LogP contribution in [0.4, 0.5) is 0 Å². The lowest BCUT2D eigenvalue weighted by molar-refractivity contribution is -0.138. The molecule has 84 valence electrons. The Bertz CT molecular complexity index is 492. The summed E-state index contributed by atoms with van der Waals surface area (Å²) in [6.07, 6.45) is 2.75. The summed E-state index contributed by atoms with van der Waals surface area (Å²) in [4.78, 5) is 0. The van der Waals surface area contributed by atoms with Gasteiger partial charge < -0.3 is 5.11 Å². The summed E-state index contributed by atoms with van der Waals surface area (Å²) < 4.78 is 0. The number of aryl methyl sites for hydroxylation is 1. The Morgan fingerprint density at radius 3 is 2.62 bits per heavy atom. The molecule has 0 atom stereocenters. The van der Waals surface area contributed by atoms with Crippen molar-refractivity contribution in [1.29, 1.82) is 5.41 Å². The predicted octanol–water partition coefficient (Wildman–Crippen LogP) is 2.11. The number of phenols is 1. The highest BCUT2D eigenvalue weighted by Crippen LogP contribution is 2.53. The van der Waals surface area contributed by atoms with Gasteiger partial charge >= 0.3 is 0 Å². The maximum atomic E-state index is 10.0. The first-order valence-corrected chi connectivity index (χ1v) is 5.48. The van der Waals surface area contributed by atoms with Gasteiger partial charge in [0.15, 0.2) is 5.84 Å². The second-order valence-electron chi connectivity index (χ2n) is 4.75. The molecule has 1 spiro atoms. The second-order valence-corrected chi connectivity index (χ2v) is 4.75. The molecule has 1 aliphatic heterocycles. The average Bonchev–Trinajstić information content (AvgIpc) is 2.35. The fourth-order valence-electron chi connectivity index (χ4n) is 2.81. The Balaban J connectivity index is 2.29. The number of amidine groups is 1. The normalized spacial score (nSPS) is 21.1. The van der Waals surface area contributed by atoms with Crippen molar-refractivity contribution in [2.75, 3.05) is 0 Å². The Kier molecular flexibility index (Phi) is 1.67. The van der Waals surface area contributed by atoms with Gasteiger partial charge in [0.2, 0.25) is 0 Å². The van der Waals surface area contributed by atoms with E-state index < -0.39 is 5.54 Å². The molecular formula is C12H14N2O2. The number of hydrogen-bond donors (Lipinski definition) is 3. The van der Waals surface area contributed by atoms with Crippen LogP contribution in [0.2, 0.25) is 0 Å². The number of hydroxylamine groups is 2. The van der Waals surface area contributed by atoms with Gasteiger partial charge in [0, 0.05) is 0 Å². The van der Waals surface area contributed by atoms with Crippen LogP contribution in [0.15, 0.2) is 12.1 Å². The van der Waals surface area contributed by atoms with Gasteiger partial charge in [-0.1, -0.05) is 6.07 Å². The molecule has 4 heteroatoms. The fraction of sp³-hybridized carbons (Fsp3) is 0.417. The Labute approximate surface area is 93.6 Å². The van der Waals surface area contributed by atoms with Crippen LogP contribution in [0.25, 0.3) is 0 Å². The molecule has 3 N–H and O–H groups in total.